The third kappa shape index (κ3) is 4.42. The molecule has 0 aliphatic carbocycles. The molecule has 0 unspecified atom stereocenters. The molecule has 10 heteroatoms. The summed E-state index contributed by atoms with van der Waals surface area (Å²) in [5.74, 6) is 1.41. The van der Waals surface area contributed by atoms with Crippen LogP contribution in [-0.4, -0.2) is 80.7 Å². The Hall–Kier alpha value is -1.69. The van der Waals surface area contributed by atoms with Gasteiger partial charge < -0.3 is 19.2 Å². The second-order valence-electron chi connectivity index (χ2n) is 6.67. The molecule has 0 N–H and O–H groups in total. The predicted octanol–water partition coefficient (Wildman–Crippen LogP) is 0.277. The van der Waals surface area contributed by atoms with E-state index < -0.39 is 0 Å². The van der Waals surface area contributed by atoms with Gasteiger partial charge in [0, 0.05) is 47.2 Å². The van der Waals surface area contributed by atoms with Crippen molar-refractivity contribution in [2.45, 2.75) is 0 Å². The molecule has 140 valence electrons. The summed E-state index contributed by atoms with van der Waals surface area (Å²) in [6.07, 6.45) is 0. The third-order valence-corrected chi connectivity index (χ3v) is 4.58. The number of carbonyl (C=O) groups is 1. The molecule has 2 saturated heterocycles. The van der Waals surface area contributed by atoms with E-state index in [0.29, 0.717) is 11.4 Å². The molecule has 0 spiro atoms. The Balaban J connectivity index is 0.00000210. The van der Waals surface area contributed by atoms with Gasteiger partial charge >= 0.3 is 15.1 Å². The minimum atomic E-state index is -0.159. The van der Waals surface area contributed by atoms with Crippen LogP contribution in [0.5, 0.6) is 0 Å². The Morgan fingerprint density at radius 2 is 1.26 bits per heavy atom. The number of anilines is 2. The molecule has 2 aliphatic heterocycles. The Kier molecular flexibility index (Phi) is 6.35. The van der Waals surface area contributed by atoms with Crippen molar-refractivity contribution >= 4 is 32.5 Å². The predicted molar refractivity (Wildman–Crippen MR) is 103 cm³/mol. The minimum absolute atomic E-state index is 0. The maximum absolute atomic E-state index is 12.9. The van der Waals surface area contributed by atoms with E-state index in [-0.39, 0.29) is 26.8 Å². The summed E-state index contributed by atoms with van der Waals surface area (Å²) >= 11 is 0. The van der Waals surface area contributed by atoms with Crippen LogP contribution in [0.4, 0.5) is 11.6 Å². The van der Waals surface area contributed by atoms with Gasteiger partial charge in [-0.25, -0.2) is 9.97 Å². The Morgan fingerprint density at radius 1 is 0.815 bits per heavy atom. The van der Waals surface area contributed by atoms with Crippen LogP contribution in [0.25, 0.3) is 0 Å². The number of nitrogens with zero attached hydrogens (tertiary/aromatic N) is 6. The van der Waals surface area contributed by atoms with Gasteiger partial charge in [0.15, 0.2) is 0 Å². The summed E-state index contributed by atoms with van der Waals surface area (Å²) in [7, 11) is 8.07. The van der Waals surface area contributed by atoms with Crippen molar-refractivity contribution in [2.75, 3.05) is 49.9 Å². The van der Waals surface area contributed by atoms with Crippen LogP contribution in [0.1, 0.15) is 16.2 Å². The van der Waals surface area contributed by atoms with Crippen LogP contribution in [0.3, 0.4) is 0 Å². The Bertz CT molecular complexity index is 760. The van der Waals surface area contributed by atoms with E-state index in [1.54, 1.807) is 12.1 Å². The van der Waals surface area contributed by atoms with Crippen LogP contribution in [0.15, 0.2) is 36.4 Å². The van der Waals surface area contributed by atoms with E-state index in [0.717, 1.165) is 37.8 Å². The van der Waals surface area contributed by atoms with Gasteiger partial charge in [-0.15, -0.1) is 0 Å². The summed E-state index contributed by atoms with van der Waals surface area (Å²) in [5, 5.41) is 0. The quantitative estimate of drug-likeness (QED) is 0.408. The van der Waals surface area contributed by atoms with E-state index in [9.17, 15) is 4.79 Å². The number of hydrogen-bond acceptors (Lipinski definition) is 7. The first-order chi connectivity index (χ1) is 12.6. The van der Waals surface area contributed by atoms with Gasteiger partial charge in [-0.3, -0.25) is 4.79 Å². The topological polar surface area (TPSA) is 55.8 Å². The second-order valence-corrected chi connectivity index (χ2v) is 6.67. The van der Waals surface area contributed by atoms with Crippen molar-refractivity contribution < 1.29 is 25.9 Å². The molecule has 27 heavy (non-hydrogen) atoms. The molecule has 4 rings (SSSR count). The van der Waals surface area contributed by atoms with E-state index in [1.165, 1.54) is 0 Å². The molecule has 0 aromatic carbocycles. The van der Waals surface area contributed by atoms with Crippen LogP contribution >= 0.6 is 0 Å². The van der Waals surface area contributed by atoms with Gasteiger partial charge in [0.25, 0.3) is 0 Å². The zero-order valence-corrected chi connectivity index (χ0v) is 17.6. The molecular formula is C17H20B2N6OPt. The maximum Gasteiger partial charge on any atom is 0.353 e. The van der Waals surface area contributed by atoms with Crippen LogP contribution < -0.4 is 9.62 Å². The van der Waals surface area contributed by atoms with Gasteiger partial charge in [0.1, 0.15) is 23.0 Å². The van der Waals surface area contributed by atoms with Crippen molar-refractivity contribution in [3.05, 3.63) is 47.8 Å². The number of likely N-dealkylation sites (N-methyl/N-ethyl adjacent to an activating group) is 2. The summed E-state index contributed by atoms with van der Waals surface area (Å²) < 4.78 is 0. The average molecular weight is 541 g/mol. The van der Waals surface area contributed by atoms with Crippen LogP contribution in [0, 0.1) is 0 Å². The first kappa shape index (κ1) is 20.1. The largest absolute Gasteiger partial charge is 0.388 e. The standard InChI is InChI=1S/C17H20B2N6O.Pt/c1-22-9-11-24(18-22)15-7-3-5-13(20-15)17(26)14-6-4-8-16(21-14)25-12-10-23(2)19-25;/h3-8H,9-12H2,1-2H3;. The smallest absolute Gasteiger partial charge is 0.353 e. The first-order valence-electron chi connectivity index (χ1n) is 8.73. The van der Waals surface area contributed by atoms with Gasteiger partial charge in [-0.05, 0) is 38.4 Å². The van der Waals surface area contributed by atoms with E-state index >= 15 is 0 Å². The SMILES string of the molecule is CN1[B]N(c2cccc(C(=O)c3cccc(N4[B]N(C)CC4)n3)n2)CC1.[Pt]. The number of rotatable bonds is 4. The number of pyridine rings is 2. The summed E-state index contributed by atoms with van der Waals surface area (Å²) in [5.41, 5.74) is 0.829. The van der Waals surface area contributed by atoms with Crippen molar-refractivity contribution in [3.8, 4) is 0 Å². The average Bonchev–Trinajstić information content (AvgIpc) is 3.30. The molecule has 0 bridgehead atoms. The fraction of sp³-hybridized carbons (Fsp3) is 0.353. The molecule has 0 amide bonds. The van der Waals surface area contributed by atoms with Gasteiger partial charge in [0.05, 0.1) is 0 Å². The normalized spacial score (nSPS) is 17.4. The van der Waals surface area contributed by atoms with Gasteiger partial charge in [-0.2, -0.15) is 0 Å². The zero-order valence-electron chi connectivity index (χ0n) is 15.4. The van der Waals surface area contributed by atoms with Crippen molar-refractivity contribution in [2.24, 2.45) is 0 Å². The summed E-state index contributed by atoms with van der Waals surface area (Å²) in [4.78, 5) is 30.3. The number of hydrogen-bond donors (Lipinski definition) is 0. The summed E-state index contributed by atoms with van der Waals surface area (Å²) in [6.45, 7) is 3.63. The van der Waals surface area contributed by atoms with Crippen molar-refractivity contribution in [1.29, 1.82) is 0 Å². The molecule has 2 fully saturated rings. The number of ketones is 1. The van der Waals surface area contributed by atoms with Crippen molar-refractivity contribution in [3.63, 3.8) is 0 Å². The molecule has 0 saturated carbocycles. The molecule has 4 heterocycles. The molecule has 2 aromatic heterocycles. The second kappa shape index (κ2) is 8.55. The molecule has 2 aliphatic rings. The third-order valence-electron chi connectivity index (χ3n) is 4.58. The van der Waals surface area contributed by atoms with Crippen molar-refractivity contribution in [1.82, 2.24) is 19.6 Å². The number of carbonyl (C=O) groups excluding carboxylic acids is 1. The van der Waals surface area contributed by atoms with E-state index in [4.69, 9.17) is 0 Å². The molecule has 2 aromatic rings. The molecule has 7 nitrogen and oxygen atoms in total. The minimum Gasteiger partial charge on any atom is -0.388 e. The van der Waals surface area contributed by atoms with Crippen LogP contribution in [-0.2, 0) is 21.1 Å². The van der Waals surface area contributed by atoms with E-state index in [1.807, 2.05) is 53.5 Å². The Labute approximate surface area is 175 Å². The fourth-order valence-electron chi connectivity index (χ4n) is 3.14. The van der Waals surface area contributed by atoms with E-state index in [2.05, 4.69) is 29.2 Å². The zero-order chi connectivity index (χ0) is 18.1. The molecular weight excluding hydrogens is 521 g/mol. The number of aromatic nitrogens is 2. The monoisotopic (exact) mass is 541 g/mol. The van der Waals surface area contributed by atoms with Gasteiger partial charge in [-0.1, -0.05) is 12.1 Å². The maximum atomic E-state index is 12.9. The Morgan fingerprint density at radius 3 is 1.63 bits per heavy atom. The first-order valence-corrected chi connectivity index (χ1v) is 8.73. The molecule has 2 radical (unpaired) electrons. The summed E-state index contributed by atoms with van der Waals surface area (Å²) in [6, 6.07) is 11.1. The van der Waals surface area contributed by atoms with Gasteiger partial charge in [0.2, 0.25) is 5.78 Å². The molecule has 0 atom stereocenters. The fourth-order valence-corrected chi connectivity index (χ4v) is 3.14. The van der Waals surface area contributed by atoms with Crippen LogP contribution in [0.2, 0.25) is 0 Å².